The molecule has 7 nitrogen and oxygen atoms in total. The number of benzene rings is 1. The fourth-order valence-electron chi connectivity index (χ4n) is 4.94. The Labute approximate surface area is 201 Å². The number of aryl methyl sites for hydroxylation is 1. The van der Waals surface area contributed by atoms with Gasteiger partial charge in [-0.2, -0.15) is 0 Å². The molecule has 2 fully saturated rings. The third-order valence-electron chi connectivity index (χ3n) is 6.51. The highest BCUT2D eigenvalue weighted by atomic mass is 79.9. The van der Waals surface area contributed by atoms with E-state index in [1.807, 2.05) is 6.07 Å². The molecule has 3 aromatic rings. The Hall–Kier alpha value is -3.26. The van der Waals surface area contributed by atoms with Gasteiger partial charge in [0.05, 0.1) is 17.8 Å². The molecule has 0 atom stereocenters. The molecule has 4 heterocycles. The first-order valence-corrected chi connectivity index (χ1v) is 11.3. The number of hydrogen-bond donors (Lipinski definition) is 0. The van der Waals surface area contributed by atoms with Crippen LogP contribution >= 0.6 is 15.9 Å². The average Bonchev–Trinajstić information content (AvgIpc) is 3.20. The van der Waals surface area contributed by atoms with Gasteiger partial charge in [-0.15, -0.1) is 13.2 Å². The van der Waals surface area contributed by atoms with Gasteiger partial charge in [-0.1, -0.05) is 0 Å². The van der Waals surface area contributed by atoms with Crippen molar-refractivity contribution in [3.63, 3.8) is 0 Å². The lowest BCUT2D eigenvalue weighted by atomic mass is 9.78. The first kappa shape index (κ1) is 22.5. The van der Waals surface area contributed by atoms with Crippen molar-refractivity contribution in [2.45, 2.75) is 12.8 Å². The maximum atomic E-state index is 12.9. The summed E-state index contributed by atoms with van der Waals surface area (Å²) in [5.74, 6) is -0.249. The number of alkyl halides is 3. The highest BCUT2D eigenvalue weighted by Gasteiger charge is 2.48. The smallest absolute Gasteiger partial charge is 0.406 e. The molecule has 2 aromatic heterocycles. The van der Waals surface area contributed by atoms with Crippen molar-refractivity contribution in [2.75, 3.05) is 36.0 Å². The molecule has 5 rings (SSSR count). The third-order valence-corrected chi connectivity index (χ3v) is 6.95. The molecule has 0 radical (unpaired) electrons. The quantitative estimate of drug-likeness (QED) is 0.355. The SMILES string of the molecule is [C-]#[N+]c1c(N2CCC3(CN(c4ccc(OC(F)(F)F)cc4)C3)C2)c2nc(Br)ccc2n(C)c1=O. The highest BCUT2D eigenvalue weighted by molar-refractivity contribution is 9.10. The monoisotopic (exact) mass is 533 g/mol. The Kier molecular flexibility index (Phi) is 5.24. The van der Waals surface area contributed by atoms with Crippen molar-refractivity contribution in [3.8, 4) is 5.75 Å². The second-order valence-corrected chi connectivity index (χ2v) is 9.56. The van der Waals surface area contributed by atoms with E-state index in [-0.39, 0.29) is 22.4 Å². The summed E-state index contributed by atoms with van der Waals surface area (Å²) in [6.07, 6.45) is -3.84. The molecule has 0 N–H and O–H groups in total. The average molecular weight is 534 g/mol. The van der Waals surface area contributed by atoms with Crippen LogP contribution in [0.2, 0.25) is 0 Å². The first-order valence-electron chi connectivity index (χ1n) is 10.5. The summed E-state index contributed by atoms with van der Waals surface area (Å²) in [6, 6.07) is 9.44. The normalized spacial score (nSPS) is 17.2. The lowest BCUT2D eigenvalue weighted by molar-refractivity contribution is -0.274. The van der Waals surface area contributed by atoms with Gasteiger partial charge in [0.15, 0.2) is 0 Å². The Balaban J connectivity index is 1.38. The van der Waals surface area contributed by atoms with E-state index in [1.54, 1.807) is 25.2 Å². The molecule has 0 bridgehead atoms. The fraction of sp³-hybridized carbons (Fsp3) is 0.348. The molecule has 11 heteroatoms. The number of ether oxygens (including phenoxy) is 1. The largest absolute Gasteiger partial charge is 0.573 e. The van der Waals surface area contributed by atoms with E-state index in [0.717, 1.165) is 25.2 Å². The summed E-state index contributed by atoms with van der Waals surface area (Å²) >= 11 is 3.39. The van der Waals surface area contributed by atoms with Crippen molar-refractivity contribution >= 4 is 44.0 Å². The van der Waals surface area contributed by atoms with Crippen LogP contribution in [0.5, 0.6) is 5.75 Å². The van der Waals surface area contributed by atoms with Gasteiger partial charge in [-0.3, -0.25) is 4.79 Å². The molecular formula is C23H19BrF3N5O2. The van der Waals surface area contributed by atoms with E-state index in [9.17, 15) is 18.0 Å². The van der Waals surface area contributed by atoms with Gasteiger partial charge in [-0.25, -0.2) is 9.83 Å². The second-order valence-electron chi connectivity index (χ2n) is 8.74. The number of halogens is 4. The van der Waals surface area contributed by atoms with Crippen molar-refractivity contribution in [1.29, 1.82) is 0 Å². The van der Waals surface area contributed by atoms with E-state index in [1.165, 1.54) is 16.7 Å². The van der Waals surface area contributed by atoms with Crippen LogP contribution in [0.15, 0.2) is 45.8 Å². The van der Waals surface area contributed by atoms with E-state index in [4.69, 9.17) is 6.57 Å². The zero-order valence-electron chi connectivity index (χ0n) is 18.1. The summed E-state index contributed by atoms with van der Waals surface area (Å²) < 4.78 is 43.2. The molecule has 2 saturated heterocycles. The van der Waals surface area contributed by atoms with Crippen molar-refractivity contribution in [3.05, 3.63) is 62.8 Å². The zero-order valence-corrected chi connectivity index (χ0v) is 19.7. The van der Waals surface area contributed by atoms with Crippen LogP contribution in [-0.2, 0) is 7.05 Å². The molecule has 0 saturated carbocycles. The Morgan fingerprint density at radius 1 is 1.12 bits per heavy atom. The van der Waals surface area contributed by atoms with Crippen LogP contribution < -0.4 is 20.1 Å². The minimum Gasteiger partial charge on any atom is -0.406 e. The van der Waals surface area contributed by atoms with Gasteiger partial charge in [0.1, 0.15) is 15.9 Å². The predicted molar refractivity (Wildman–Crippen MR) is 126 cm³/mol. The van der Waals surface area contributed by atoms with Crippen molar-refractivity contribution < 1.29 is 17.9 Å². The summed E-state index contributed by atoms with van der Waals surface area (Å²) in [4.78, 5) is 25.2. The van der Waals surface area contributed by atoms with Gasteiger partial charge < -0.3 is 19.1 Å². The molecule has 0 amide bonds. The third kappa shape index (κ3) is 3.86. The molecule has 2 aliphatic rings. The predicted octanol–water partition coefficient (Wildman–Crippen LogP) is 4.86. The molecule has 176 valence electrons. The summed E-state index contributed by atoms with van der Waals surface area (Å²) in [6.45, 7) is 10.5. The standard InChI is InChI=1S/C23H19BrF3N5O2/c1-28-19-20(18-16(30(2)21(19)33)7-8-17(24)29-18)31-10-9-22(11-31)12-32(13-22)14-3-5-15(6-4-14)34-23(25,26)27/h3-8H,9-13H2,2H3. The Bertz CT molecular complexity index is 1380. The number of anilines is 2. The highest BCUT2D eigenvalue weighted by Crippen LogP contribution is 2.46. The number of pyridine rings is 2. The molecule has 0 aliphatic carbocycles. The first-order chi connectivity index (χ1) is 16.1. The van der Waals surface area contributed by atoms with Crippen LogP contribution in [0.1, 0.15) is 6.42 Å². The van der Waals surface area contributed by atoms with Crippen molar-refractivity contribution in [2.24, 2.45) is 12.5 Å². The van der Waals surface area contributed by atoms with Crippen LogP contribution in [0.3, 0.4) is 0 Å². The van der Waals surface area contributed by atoms with Crippen LogP contribution in [-0.4, -0.2) is 42.1 Å². The zero-order chi connectivity index (χ0) is 24.3. The number of nitrogens with zero attached hydrogens (tertiary/aromatic N) is 5. The number of aromatic nitrogens is 2. The van der Waals surface area contributed by atoms with Crippen molar-refractivity contribution in [1.82, 2.24) is 9.55 Å². The maximum absolute atomic E-state index is 12.9. The minimum absolute atomic E-state index is 0.0279. The van der Waals surface area contributed by atoms with E-state index in [0.29, 0.717) is 34.4 Å². The topological polar surface area (TPSA) is 55.0 Å². The lowest BCUT2D eigenvalue weighted by Gasteiger charge is -2.49. The number of rotatable bonds is 3. The fourth-order valence-corrected chi connectivity index (χ4v) is 5.25. The minimum atomic E-state index is -4.72. The van der Waals surface area contributed by atoms with Crippen LogP contribution in [0, 0.1) is 12.0 Å². The molecule has 1 aromatic carbocycles. The van der Waals surface area contributed by atoms with E-state index < -0.39 is 6.36 Å². The number of hydrogen-bond acceptors (Lipinski definition) is 5. The summed E-state index contributed by atoms with van der Waals surface area (Å²) in [5, 5.41) is 0. The molecular weight excluding hydrogens is 515 g/mol. The molecule has 34 heavy (non-hydrogen) atoms. The van der Waals surface area contributed by atoms with Gasteiger partial charge >= 0.3 is 6.36 Å². The van der Waals surface area contributed by atoms with Gasteiger partial charge in [0.2, 0.25) is 0 Å². The number of fused-ring (bicyclic) bond motifs is 1. The second kappa shape index (κ2) is 7.91. The summed E-state index contributed by atoms with van der Waals surface area (Å²) in [5.41, 5.74) is 2.35. The van der Waals surface area contributed by atoms with Crippen LogP contribution in [0.25, 0.3) is 15.9 Å². The van der Waals surface area contributed by atoms with E-state index >= 15 is 0 Å². The van der Waals surface area contributed by atoms with Gasteiger partial charge in [-0.05, 0) is 58.7 Å². The lowest BCUT2D eigenvalue weighted by Crippen LogP contribution is -2.57. The van der Waals surface area contributed by atoms with Gasteiger partial charge in [0, 0.05) is 44.3 Å². The van der Waals surface area contributed by atoms with E-state index in [2.05, 4.69) is 40.3 Å². The van der Waals surface area contributed by atoms with Crippen LogP contribution in [0.4, 0.5) is 30.2 Å². The maximum Gasteiger partial charge on any atom is 0.573 e. The Morgan fingerprint density at radius 2 is 1.79 bits per heavy atom. The summed E-state index contributed by atoms with van der Waals surface area (Å²) in [7, 11) is 1.64. The molecule has 2 aliphatic heterocycles. The molecule has 0 unspecified atom stereocenters. The Morgan fingerprint density at radius 3 is 2.44 bits per heavy atom. The molecule has 1 spiro atoms. The van der Waals surface area contributed by atoms with Gasteiger partial charge in [0.25, 0.3) is 11.2 Å².